The van der Waals surface area contributed by atoms with Gasteiger partial charge in [-0.05, 0) is 47.7 Å². The Morgan fingerprint density at radius 2 is 1.11 bits per heavy atom. The molecule has 6 heteroatoms. The second kappa shape index (κ2) is 10.3. The van der Waals surface area contributed by atoms with Crippen molar-refractivity contribution in [2.45, 2.75) is 0 Å². The Balaban J connectivity index is 1.52. The first kappa shape index (κ1) is 12.8. The number of hydrogen-bond acceptors (Lipinski definition) is 3. The van der Waals surface area contributed by atoms with Crippen LogP contribution >= 0.6 is 0 Å². The molecule has 0 unspecified atom stereocenters. The van der Waals surface area contributed by atoms with E-state index in [2.05, 4.69) is 19.8 Å². The van der Waals surface area contributed by atoms with Gasteiger partial charge < -0.3 is 4.57 Å². The topological polar surface area (TPSA) is 52.9 Å². The van der Waals surface area contributed by atoms with Crippen LogP contribution in [0.3, 0.4) is 0 Å². The van der Waals surface area contributed by atoms with Gasteiger partial charge in [0.05, 0.1) is 59.0 Å². The van der Waals surface area contributed by atoms with E-state index in [4.69, 9.17) is 34.0 Å². The SMILES string of the molecule is [2H]c1c([2H])c([2H])c(-c2nc(-c3ccccc3-n3c4c([2H])c([2H])c([2H])c([2H])c4c4c([2H])c([N+]#[C-])c([2H])c([2H])c43)nc(-n3c4c([2H])c([2H])c([2H])c([2H])c4c4c([2H])c([2H])c([2H])c([2H])c43)n2)c([2H])c1[2H]. The number of aromatic nitrogens is 5. The highest BCUT2D eigenvalue weighted by molar-refractivity contribution is 6.11. The number of rotatable bonds is 4. The van der Waals surface area contributed by atoms with Gasteiger partial charge in [0.1, 0.15) is 0 Å². The summed E-state index contributed by atoms with van der Waals surface area (Å²) in [6.45, 7) is 7.70. The van der Waals surface area contributed by atoms with Crippen molar-refractivity contribution in [3.8, 4) is 34.4 Å². The zero-order chi connectivity index (χ0) is 48.0. The van der Waals surface area contributed by atoms with Gasteiger partial charge in [-0.1, -0.05) is 103 Å². The Morgan fingerprint density at radius 3 is 1.80 bits per heavy atom. The van der Waals surface area contributed by atoms with E-state index in [0.29, 0.717) is 0 Å². The standard InChI is InChI=1S/C40H24N6/c1-41-27-23-24-37-32(25-27)30-17-7-9-19-33(30)45(37)36-22-12-8-18-31(36)39-42-38(26-13-3-2-4-14-26)43-40(44-39)46-34-20-10-5-15-28(34)29-16-6-11-21-35(29)46/h2-25H/i2D,3D,4D,5D,6D,7D,9D,10D,11D,13D,14D,15D,16D,17D,19D,20D,21D,23D,24D,25D. The fourth-order valence-electron chi connectivity index (χ4n) is 5.34. The summed E-state index contributed by atoms with van der Waals surface area (Å²) in [4.78, 5) is 17.0. The molecule has 9 rings (SSSR count). The fourth-order valence-corrected chi connectivity index (χ4v) is 5.34. The van der Waals surface area contributed by atoms with E-state index >= 15 is 0 Å². The molecule has 0 saturated carbocycles. The lowest BCUT2D eigenvalue weighted by molar-refractivity contribution is 0.951. The van der Waals surface area contributed by atoms with E-state index in [1.54, 1.807) is 0 Å². The molecule has 0 aliphatic carbocycles. The van der Waals surface area contributed by atoms with Crippen LogP contribution in [0, 0.1) is 6.57 Å². The lowest BCUT2D eigenvalue weighted by Gasteiger charge is -2.15. The molecule has 0 radical (unpaired) electrons. The molecule has 0 fully saturated rings. The van der Waals surface area contributed by atoms with E-state index < -0.39 is 161 Å². The van der Waals surface area contributed by atoms with Crippen LogP contribution in [-0.2, 0) is 0 Å². The quantitative estimate of drug-likeness (QED) is 0.187. The lowest BCUT2D eigenvalue weighted by atomic mass is 10.1. The molecule has 0 atom stereocenters. The minimum Gasteiger partial charge on any atom is -0.309 e. The predicted molar refractivity (Wildman–Crippen MR) is 186 cm³/mol. The van der Waals surface area contributed by atoms with Crippen LogP contribution in [0.4, 0.5) is 5.69 Å². The second-order valence-electron chi connectivity index (χ2n) is 9.70. The number of nitrogens with zero attached hydrogens (tertiary/aromatic N) is 6. The second-order valence-corrected chi connectivity index (χ2v) is 9.70. The van der Waals surface area contributed by atoms with Crippen LogP contribution in [0.2, 0.25) is 0 Å². The maximum Gasteiger partial charge on any atom is 0.238 e. The Labute approximate surface area is 292 Å². The lowest BCUT2D eigenvalue weighted by Crippen LogP contribution is -2.07. The summed E-state index contributed by atoms with van der Waals surface area (Å²) < 4.78 is 177. The first-order valence-corrected chi connectivity index (χ1v) is 13.5. The highest BCUT2D eigenvalue weighted by atomic mass is 15.2. The Kier molecular flexibility index (Phi) is 2.85. The van der Waals surface area contributed by atoms with E-state index in [0.717, 1.165) is 4.57 Å². The van der Waals surface area contributed by atoms with Gasteiger partial charge in [-0.2, -0.15) is 9.97 Å². The van der Waals surface area contributed by atoms with Crippen molar-refractivity contribution in [3.05, 3.63) is 157 Å². The van der Waals surface area contributed by atoms with Crippen molar-refractivity contribution >= 4 is 49.3 Å². The van der Waals surface area contributed by atoms with Gasteiger partial charge in [-0.25, -0.2) is 9.83 Å². The van der Waals surface area contributed by atoms with Gasteiger partial charge in [-0.3, -0.25) is 4.57 Å². The van der Waals surface area contributed by atoms with Gasteiger partial charge in [-0.15, -0.1) is 0 Å². The third-order valence-corrected chi connectivity index (χ3v) is 7.22. The molecule has 0 spiro atoms. The average Bonchev–Trinajstić information content (AvgIpc) is 3.86. The number of hydrogen-bond donors (Lipinski definition) is 0. The molecule has 6 aromatic carbocycles. The molecule has 9 aromatic rings. The summed E-state index contributed by atoms with van der Waals surface area (Å²) in [5, 5.41) is -1.23. The van der Waals surface area contributed by atoms with Crippen LogP contribution < -0.4 is 0 Å². The minimum absolute atomic E-state index is 0.0828. The summed E-state index contributed by atoms with van der Waals surface area (Å²) >= 11 is 0. The normalized spacial score (nSPS) is 17.5. The zero-order valence-electron chi connectivity index (χ0n) is 43.0. The maximum absolute atomic E-state index is 9.14. The van der Waals surface area contributed by atoms with Crippen molar-refractivity contribution in [2.75, 3.05) is 0 Å². The van der Waals surface area contributed by atoms with Crippen molar-refractivity contribution in [2.24, 2.45) is 0 Å². The van der Waals surface area contributed by atoms with E-state index in [-0.39, 0.29) is 43.8 Å². The molecule has 0 saturated heterocycles. The summed E-state index contributed by atoms with van der Waals surface area (Å²) in [7, 11) is 0. The molecule has 3 aromatic heterocycles. The first-order valence-electron chi connectivity index (χ1n) is 23.5. The van der Waals surface area contributed by atoms with Gasteiger partial charge in [0, 0.05) is 30.0 Å². The predicted octanol–water partition coefficient (Wildman–Crippen LogP) is 9.95. The number of benzene rings is 6. The Bertz CT molecular complexity index is 3690. The van der Waals surface area contributed by atoms with Crippen LogP contribution in [0.5, 0.6) is 0 Å². The summed E-state index contributed by atoms with van der Waals surface area (Å²) in [6, 6.07) is -8.63. The van der Waals surface area contributed by atoms with Crippen LogP contribution in [0.1, 0.15) is 27.4 Å². The van der Waals surface area contributed by atoms with E-state index in [1.807, 2.05) is 0 Å². The molecular formula is C40H24N6. The molecule has 3 heterocycles. The minimum atomic E-state index is -0.798. The highest BCUT2D eigenvalue weighted by Gasteiger charge is 2.21. The van der Waals surface area contributed by atoms with Crippen molar-refractivity contribution in [3.63, 3.8) is 0 Å². The van der Waals surface area contributed by atoms with Crippen molar-refractivity contribution in [1.82, 2.24) is 24.1 Å². The van der Waals surface area contributed by atoms with Crippen molar-refractivity contribution < 1.29 is 27.4 Å². The van der Waals surface area contributed by atoms with Crippen LogP contribution in [0.25, 0.3) is 82.9 Å². The molecule has 0 amide bonds. The monoisotopic (exact) mass is 608 g/mol. The third-order valence-electron chi connectivity index (χ3n) is 7.22. The van der Waals surface area contributed by atoms with Gasteiger partial charge in [0.25, 0.3) is 0 Å². The maximum atomic E-state index is 9.14. The molecule has 6 nitrogen and oxygen atoms in total. The van der Waals surface area contributed by atoms with Crippen molar-refractivity contribution in [1.29, 1.82) is 0 Å². The van der Waals surface area contributed by atoms with E-state index in [1.165, 1.54) is 28.8 Å². The molecule has 0 aliphatic rings. The molecule has 214 valence electrons. The van der Waals surface area contributed by atoms with Gasteiger partial charge in [0.15, 0.2) is 17.3 Å². The number of fused-ring (bicyclic) bond motifs is 6. The fraction of sp³-hybridized carbons (Fsp3) is 0. The van der Waals surface area contributed by atoms with Gasteiger partial charge >= 0.3 is 0 Å². The van der Waals surface area contributed by atoms with E-state index in [9.17, 15) is 0 Å². The molecule has 0 N–H and O–H groups in total. The smallest absolute Gasteiger partial charge is 0.238 e. The Morgan fingerprint density at radius 1 is 0.543 bits per heavy atom. The van der Waals surface area contributed by atoms with Gasteiger partial charge in [0.2, 0.25) is 5.95 Å². The molecule has 0 aliphatic heterocycles. The summed E-state index contributed by atoms with van der Waals surface area (Å²) in [6.07, 6.45) is 0. The highest BCUT2D eigenvalue weighted by Crippen LogP contribution is 2.38. The van der Waals surface area contributed by atoms with Crippen LogP contribution in [-0.4, -0.2) is 24.1 Å². The molecule has 0 bridgehead atoms. The largest absolute Gasteiger partial charge is 0.309 e. The molecular weight excluding hydrogens is 564 g/mol. The first-order chi connectivity index (χ1) is 31.1. The Hall–Kier alpha value is -6.58. The average molecular weight is 609 g/mol. The summed E-state index contributed by atoms with van der Waals surface area (Å²) in [5.41, 5.74) is -2.77. The number of para-hydroxylation sites is 4. The summed E-state index contributed by atoms with van der Waals surface area (Å²) in [5.74, 6) is -1.72. The third kappa shape index (κ3) is 3.93. The molecule has 46 heavy (non-hydrogen) atoms. The zero-order valence-corrected chi connectivity index (χ0v) is 23.0. The van der Waals surface area contributed by atoms with Crippen LogP contribution in [0.15, 0.2) is 145 Å².